The van der Waals surface area contributed by atoms with Gasteiger partial charge < -0.3 is 4.74 Å². The van der Waals surface area contributed by atoms with Crippen molar-refractivity contribution in [2.75, 3.05) is 0 Å². The van der Waals surface area contributed by atoms with E-state index in [4.69, 9.17) is 4.74 Å². The highest BCUT2D eigenvalue weighted by Gasteiger charge is 2.70. The number of hydrogen-bond acceptors (Lipinski definition) is 5. The van der Waals surface area contributed by atoms with Crippen LogP contribution in [-0.4, -0.2) is 17.8 Å². The van der Waals surface area contributed by atoms with Crippen molar-refractivity contribution < 1.29 is 14.3 Å². The van der Waals surface area contributed by atoms with Gasteiger partial charge in [0, 0.05) is 5.41 Å². The van der Waals surface area contributed by atoms with Gasteiger partial charge in [0.25, 0.3) is 0 Å². The predicted molar refractivity (Wildman–Crippen MR) is 165 cm³/mol. The second-order valence-corrected chi connectivity index (χ2v) is 16.8. The van der Waals surface area contributed by atoms with Gasteiger partial charge in [-0.2, -0.15) is 4.91 Å². The smallest absolute Gasteiger partial charge is 0.313 e. The summed E-state index contributed by atoms with van der Waals surface area (Å²) in [5.41, 5.74) is 1.53. The average molecular weight is 574 g/mol. The van der Waals surface area contributed by atoms with E-state index in [-0.39, 0.29) is 45.2 Å². The van der Waals surface area contributed by atoms with Crippen LogP contribution in [0.1, 0.15) is 112 Å². The number of hydrogen-bond donors (Lipinski definition) is 0. The lowest BCUT2D eigenvalue weighted by Gasteiger charge is -2.70. The topological polar surface area (TPSA) is 72.8 Å². The number of nitroso groups, excluding NO2 is 1. The summed E-state index contributed by atoms with van der Waals surface area (Å²) in [5.74, 6) is 0.813. The molecule has 0 bridgehead atoms. The third kappa shape index (κ3) is 4.00. The zero-order valence-corrected chi connectivity index (χ0v) is 26.9. The van der Waals surface area contributed by atoms with Gasteiger partial charge in [-0.3, -0.25) is 9.59 Å². The molecule has 4 saturated carbocycles. The fraction of sp³-hybridized carbons (Fsp3) is 0.730. The van der Waals surface area contributed by atoms with Crippen molar-refractivity contribution in [2.24, 2.45) is 55.4 Å². The van der Waals surface area contributed by atoms with Crippen LogP contribution in [0.2, 0.25) is 0 Å². The number of carbonyl (C=O) groups is 2. The highest BCUT2D eigenvalue weighted by molar-refractivity contribution is 5.90. The number of Topliss-reactive ketones (excluding diaryl/α,β-unsaturated/α-hetero) is 1. The second-order valence-electron chi connectivity index (χ2n) is 16.8. The quantitative estimate of drug-likeness (QED) is 0.205. The van der Waals surface area contributed by atoms with Crippen molar-refractivity contribution >= 4 is 11.8 Å². The van der Waals surface area contributed by atoms with Crippen LogP contribution in [0.15, 0.2) is 47.2 Å². The zero-order chi connectivity index (χ0) is 30.3. The molecule has 228 valence electrons. The van der Waals surface area contributed by atoms with E-state index in [0.717, 1.165) is 56.9 Å². The largest absolute Gasteiger partial charge is 0.460 e. The van der Waals surface area contributed by atoms with Gasteiger partial charge in [-0.05, 0) is 103 Å². The lowest BCUT2D eigenvalue weighted by molar-refractivity contribution is -0.193. The summed E-state index contributed by atoms with van der Waals surface area (Å²) in [4.78, 5) is 39.4. The third-order valence-corrected chi connectivity index (χ3v) is 14.1. The molecule has 0 spiro atoms. The van der Waals surface area contributed by atoms with Gasteiger partial charge >= 0.3 is 5.97 Å². The molecule has 0 aliphatic heterocycles. The molecule has 42 heavy (non-hydrogen) atoms. The van der Waals surface area contributed by atoms with Crippen molar-refractivity contribution in [1.82, 2.24) is 0 Å². The Bertz CT molecular complexity index is 1310. The monoisotopic (exact) mass is 573 g/mol. The summed E-state index contributed by atoms with van der Waals surface area (Å²) < 4.78 is 6.15. The molecule has 5 aliphatic carbocycles. The van der Waals surface area contributed by atoms with Crippen LogP contribution in [0.25, 0.3) is 0 Å². The first-order chi connectivity index (χ1) is 19.6. The van der Waals surface area contributed by atoms with Crippen molar-refractivity contribution in [3.8, 4) is 0 Å². The molecule has 8 atom stereocenters. The van der Waals surface area contributed by atoms with Gasteiger partial charge in [-0.25, -0.2) is 0 Å². The molecular formula is C37H51NO4. The molecule has 4 fully saturated rings. The molecule has 1 aromatic rings. The normalized spacial score (nSPS) is 43.5. The number of esters is 1. The Kier molecular flexibility index (Phi) is 6.80. The molecule has 0 amide bonds. The highest BCUT2D eigenvalue weighted by atomic mass is 16.5. The number of fused-ring (bicyclic) bond motifs is 7. The minimum atomic E-state index is -0.751. The summed E-state index contributed by atoms with van der Waals surface area (Å²) in [6, 6.07) is 9.28. The van der Waals surface area contributed by atoms with Crippen LogP contribution in [0.4, 0.5) is 0 Å². The van der Waals surface area contributed by atoms with Crippen molar-refractivity contribution in [3.05, 3.63) is 52.5 Å². The lowest BCUT2D eigenvalue weighted by atomic mass is 9.33. The predicted octanol–water partition coefficient (Wildman–Crippen LogP) is 8.85. The number of nitrogens with zero attached hydrogens (tertiary/aromatic N) is 1. The van der Waals surface area contributed by atoms with E-state index in [9.17, 15) is 14.5 Å². The minimum Gasteiger partial charge on any atom is -0.460 e. The Balaban J connectivity index is 1.38. The van der Waals surface area contributed by atoms with E-state index in [1.54, 1.807) is 0 Å². The first kappa shape index (κ1) is 29.8. The van der Waals surface area contributed by atoms with Gasteiger partial charge in [0.15, 0.2) is 11.8 Å². The van der Waals surface area contributed by atoms with Crippen molar-refractivity contribution in [3.63, 3.8) is 0 Å². The lowest BCUT2D eigenvalue weighted by Crippen LogP contribution is -2.66. The molecule has 0 radical (unpaired) electrons. The molecule has 3 unspecified atom stereocenters. The minimum absolute atomic E-state index is 0.00908. The Labute approximate surface area is 252 Å². The van der Waals surface area contributed by atoms with Crippen LogP contribution in [0.3, 0.4) is 0 Å². The summed E-state index contributed by atoms with van der Waals surface area (Å²) in [5, 5.41) is 3.39. The maximum Gasteiger partial charge on any atom is 0.313 e. The molecule has 0 N–H and O–H groups in total. The Morgan fingerprint density at radius 2 is 1.60 bits per heavy atom. The van der Waals surface area contributed by atoms with Crippen LogP contribution in [-0.2, 0) is 20.9 Å². The van der Waals surface area contributed by atoms with Crippen LogP contribution in [0, 0.1) is 55.2 Å². The Morgan fingerprint density at radius 3 is 2.29 bits per heavy atom. The van der Waals surface area contributed by atoms with E-state index in [2.05, 4.69) is 59.7 Å². The summed E-state index contributed by atoms with van der Waals surface area (Å²) >= 11 is 0. The van der Waals surface area contributed by atoms with Crippen LogP contribution < -0.4 is 0 Å². The number of ether oxygens (including phenoxy) is 1. The number of carbonyl (C=O) groups excluding carboxylic acids is 2. The van der Waals surface area contributed by atoms with Gasteiger partial charge in [0.1, 0.15) is 6.61 Å². The summed E-state index contributed by atoms with van der Waals surface area (Å²) in [6.07, 6.45) is 10.9. The molecule has 0 aromatic heterocycles. The number of benzene rings is 1. The van der Waals surface area contributed by atoms with Gasteiger partial charge in [0.05, 0.1) is 5.41 Å². The molecule has 5 heteroatoms. The molecule has 1 aromatic carbocycles. The molecule has 0 heterocycles. The number of allylic oxidation sites excluding steroid dienone is 2. The van der Waals surface area contributed by atoms with Crippen molar-refractivity contribution in [1.29, 1.82) is 0 Å². The van der Waals surface area contributed by atoms with E-state index in [1.807, 2.05) is 30.3 Å². The van der Waals surface area contributed by atoms with Crippen LogP contribution in [0.5, 0.6) is 0 Å². The van der Waals surface area contributed by atoms with Gasteiger partial charge in [-0.1, -0.05) is 95.6 Å². The first-order valence-electron chi connectivity index (χ1n) is 16.4. The maximum atomic E-state index is 14.2. The first-order valence-corrected chi connectivity index (χ1v) is 16.4. The van der Waals surface area contributed by atoms with Crippen molar-refractivity contribution in [2.45, 2.75) is 119 Å². The van der Waals surface area contributed by atoms with Gasteiger partial charge in [0.2, 0.25) is 0 Å². The highest BCUT2D eigenvalue weighted by Crippen LogP contribution is 2.75. The molecule has 5 aliphatic rings. The second kappa shape index (κ2) is 9.60. The van der Waals surface area contributed by atoms with Crippen LogP contribution >= 0.6 is 0 Å². The Hall–Kier alpha value is -2.30. The molecule has 5 nitrogen and oxygen atoms in total. The number of ketones is 1. The fourth-order valence-electron chi connectivity index (χ4n) is 11.5. The van der Waals surface area contributed by atoms with E-state index in [1.165, 1.54) is 5.57 Å². The maximum absolute atomic E-state index is 14.2. The third-order valence-electron chi connectivity index (χ3n) is 14.1. The van der Waals surface area contributed by atoms with Gasteiger partial charge in [-0.15, -0.1) is 0 Å². The fourth-order valence-corrected chi connectivity index (χ4v) is 11.5. The molecule has 6 rings (SSSR count). The summed E-state index contributed by atoms with van der Waals surface area (Å²) in [7, 11) is 0. The van der Waals surface area contributed by atoms with E-state index in [0.29, 0.717) is 18.9 Å². The number of rotatable bonds is 4. The zero-order valence-electron chi connectivity index (χ0n) is 26.9. The average Bonchev–Trinajstić information content (AvgIpc) is 2.94. The Morgan fingerprint density at radius 1 is 0.905 bits per heavy atom. The van der Waals surface area contributed by atoms with E-state index < -0.39 is 16.9 Å². The van der Waals surface area contributed by atoms with E-state index >= 15 is 0 Å². The molecular weight excluding hydrogens is 522 g/mol. The summed E-state index contributed by atoms with van der Waals surface area (Å²) in [6.45, 7) is 16.5. The molecule has 0 saturated heterocycles. The SMILES string of the molecule is CC1(C)CC[C@]2(C(=O)OCc3ccccc3)CC[C@]3(C)C(=CCC4[C@@]5(C)CC(N=O)C(=O)C(C)(C)C5CC[C@]43C)[C@@H]2C1. The standard InChI is InChI=1S/C37H51NO4/c1-32(2)17-19-37(31(40)42-23-24-11-9-8-10-12-24)20-18-35(6)25(26(37)21-32)13-14-29-34(5)22-27(38-41)30(39)33(3,4)28(34)15-16-36(29,35)7/h8-13,26-29H,14-23H2,1-7H3/t26-,27?,28?,29?,34-,35+,36+,37-/m0/s1.